The fourth-order valence-electron chi connectivity index (χ4n) is 6.39. The van der Waals surface area contributed by atoms with Gasteiger partial charge in [-0.05, 0) is 34.9 Å². The van der Waals surface area contributed by atoms with Gasteiger partial charge in [-0.15, -0.1) is 0 Å². The van der Waals surface area contributed by atoms with E-state index < -0.39 is 41.3 Å². The molecular weight excluding hydrogens is 636 g/mol. The normalized spacial score (nSPS) is 16.3. The molecule has 1 aliphatic rings. The second-order valence-corrected chi connectivity index (χ2v) is 11.8. The summed E-state index contributed by atoms with van der Waals surface area (Å²) < 4.78 is 13.2. The lowest BCUT2D eigenvalue weighted by atomic mass is 9.74. The highest BCUT2D eigenvalue weighted by molar-refractivity contribution is 6.03. The van der Waals surface area contributed by atoms with Crippen molar-refractivity contribution >= 4 is 23.7 Å². The zero-order valence-electron chi connectivity index (χ0n) is 27.1. The molecule has 0 spiro atoms. The Morgan fingerprint density at radius 1 is 0.800 bits per heavy atom. The number of rotatable bonds is 12. The molecule has 2 heterocycles. The van der Waals surface area contributed by atoms with Gasteiger partial charge in [0.1, 0.15) is 24.7 Å². The highest BCUT2D eigenvalue weighted by Gasteiger charge is 2.49. The van der Waals surface area contributed by atoms with Crippen molar-refractivity contribution in [1.82, 2.24) is 14.5 Å². The number of esters is 1. The molecule has 6 rings (SSSR count). The largest absolute Gasteiger partial charge is 0.481 e. The molecule has 1 fully saturated rings. The number of amides is 1. The van der Waals surface area contributed by atoms with Gasteiger partial charge in [0.2, 0.25) is 0 Å². The lowest BCUT2D eigenvalue weighted by Gasteiger charge is -2.52. The van der Waals surface area contributed by atoms with E-state index in [1.807, 2.05) is 97.1 Å². The minimum Gasteiger partial charge on any atom is -0.481 e. The number of hydrogen-bond donors (Lipinski definition) is 2. The van der Waals surface area contributed by atoms with Crippen molar-refractivity contribution in [2.75, 3.05) is 25.1 Å². The maximum Gasteiger partial charge on any atom is 0.350 e. The monoisotopic (exact) mass is 672 g/mol. The van der Waals surface area contributed by atoms with E-state index in [1.54, 1.807) is 36.5 Å². The van der Waals surface area contributed by atoms with Crippen molar-refractivity contribution in [1.29, 1.82) is 0 Å². The first-order valence-corrected chi connectivity index (χ1v) is 16.2. The number of aliphatic carboxylic acids is 1. The molecule has 4 aromatic carbocycles. The third kappa shape index (κ3) is 7.39. The van der Waals surface area contributed by atoms with Crippen molar-refractivity contribution in [2.45, 2.75) is 30.7 Å². The van der Waals surface area contributed by atoms with Crippen LogP contribution in [-0.2, 0) is 24.6 Å². The van der Waals surface area contributed by atoms with E-state index >= 15 is 0 Å². The first-order chi connectivity index (χ1) is 24.4. The summed E-state index contributed by atoms with van der Waals surface area (Å²) in [5.41, 5.74) is 1.62. The van der Waals surface area contributed by atoms with Gasteiger partial charge >= 0.3 is 17.6 Å². The molecule has 0 radical (unpaired) electrons. The molecule has 11 nitrogen and oxygen atoms in total. The van der Waals surface area contributed by atoms with Crippen LogP contribution in [0.2, 0.25) is 0 Å². The average Bonchev–Trinajstić information content (AvgIpc) is 3.15. The molecule has 5 aromatic rings. The van der Waals surface area contributed by atoms with E-state index in [0.717, 1.165) is 16.7 Å². The topological polar surface area (TPSA) is 140 Å². The molecule has 2 atom stereocenters. The summed E-state index contributed by atoms with van der Waals surface area (Å²) in [5.74, 6) is -2.02. The van der Waals surface area contributed by atoms with E-state index in [4.69, 9.17) is 14.6 Å². The molecule has 1 unspecified atom stereocenters. The van der Waals surface area contributed by atoms with Crippen LogP contribution in [0, 0.1) is 0 Å². The number of carboxylic acid groups (broad SMARTS) is 1. The number of ether oxygens (including phenoxy) is 2. The Balaban J connectivity index is 1.44. The molecule has 1 saturated heterocycles. The number of hydrogen-bond acceptors (Lipinski definition) is 8. The first kappa shape index (κ1) is 34.0. The Bertz CT molecular complexity index is 1880. The molecule has 0 aliphatic carbocycles. The fraction of sp³-hybridized carbons (Fsp3) is 0.205. The summed E-state index contributed by atoms with van der Waals surface area (Å²) in [7, 11) is 0. The number of carbonyl (C=O) groups excluding carboxylic acids is 2. The van der Waals surface area contributed by atoms with Crippen molar-refractivity contribution < 1.29 is 29.0 Å². The number of benzene rings is 4. The van der Waals surface area contributed by atoms with Gasteiger partial charge in [-0.1, -0.05) is 109 Å². The van der Waals surface area contributed by atoms with Gasteiger partial charge in [-0.2, -0.15) is 4.98 Å². The lowest BCUT2D eigenvalue weighted by Crippen LogP contribution is -2.59. The SMILES string of the molecule is O=C(O)CCC(=O)OC[C@@H]1CN(C(c2ccccc2)(c2ccccc2)c2ccccc2)C(n2ccc(NC(=O)c3ccccc3)nc2=O)CO1. The summed E-state index contributed by atoms with van der Waals surface area (Å²) in [4.78, 5) is 56.5. The first-order valence-electron chi connectivity index (χ1n) is 16.2. The van der Waals surface area contributed by atoms with Crippen LogP contribution in [0.5, 0.6) is 0 Å². The summed E-state index contributed by atoms with van der Waals surface area (Å²) >= 11 is 0. The zero-order valence-corrected chi connectivity index (χ0v) is 27.1. The number of aromatic nitrogens is 2. The summed E-state index contributed by atoms with van der Waals surface area (Å²) in [5, 5.41) is 11.7. The van der Waals surface area contributed by atoms with Crippen LogP contribution in [0.4, 0.5) is 5.82 Å². The third-order valence-corrected chi connectivity index (χ3v) is 8.65. The van der Waals surface area contributed by atoms with Crippen molar-refractivity contribution in [3.05, 3.63) is 166 Å². The molecule has 1 amide bonds. The second-order valence-electron chi connectivity index (χ2n) is 11.8. The van der Waals surface area contributed by atoms with E-state index in [-0.39, 0.29) is 38.4 Å². The highest BCUT2D eigenvalue weighted by Crippen LogP contribution is 2.46. The van der Waals surface area contributed by atoms with E-state index in [9.17, 15) is 19.2 Å². The predicted molar refractivity (Wildman–Crippen MR) is 185 cm³/mol. The second kappa shape index (κ2) is 15.5. The highest BCUT2D eigenvalue weighted by atomic mass is 16.6. The molecule has 1 aliphatic heterocycles. The summed E-state index contributed by atoms with van der Waals surface area (Å²) in [6.45, 7) is 0.102. The van der Waals surface area contributed by atoms with Crippen molar-refractivity contribution in [3.63, 3.8) is 0 Å². The van der Waals surface area contributed by atoms with Gasteiger partial charge in [0.15, 0.2) is 0 Å². The van der Waals surface area contributed by atoms with Crippen LogP contribution in [0.25, 0.3) is 0 Å². The molecule has 50 heavy (non-hydrogen) atoms. The van der Waals surface area contributed by atoms with Crippen LogP contribution >= 0.6 is 0 Å². The molecule has 0 saturated carbocycles. The Morgan fingerprint density at radius 2 is 1.34 bits per heavy atom. The molecule has 254 valence electrons. The maximum atomic E-state index is 13.9. The number of carboxylic acids is 1. The Labute approximate surface area is 288 Å². The third-order valence-electron chi connectivity index (χ3n) is 8.65. The average molecular weight is 673 g/mol. The maximum absolute atomic E-state index is 13.9. The van der Waals surface area contributed by atoms with Gasteiger partial charge in [-0.25, -0.2) is 4.79 Å². The van der Waals surface area contributed by atoms with Crippen LogP contribution in [0.3, 0.4) is 0 Å². The Morgan fingerprint density at radius 3 is 1.86 bits per heavy atom. The summed E-state index contributed by atoms with van der Waals surface area (Å²) in [6.07, 6.45) is -0.341. The quantitative estimate of drug-likeness (QED) is 0.137. The smallest absolute Gasteiger partial charge is 0.350 e. The molecule has 2 N–H and O–H groups in total. The number of nitrogens with zero attached hydrogens (tertiary/aromatic N) is 3. The van der Waals surface area contributed by atoms with Gasteiger partial charge in [-0.3, -0.25) is 23.9 Å². The van der Waals surface area contributed by atoms with Gasteiger partial charge < -0.3 is 19.9 Å². The van der Waals surface area contributed by atoms with Crippen molar-refractivity contribution in [2.24, 2.45) is 0 Å². The van der Waals surface area contributed by atoms with Crippen LogP contribution < -0.4 is 11.0 Å². The Hall–Kier alpha value is -5.91. The van der Waals surface area contributed by atoms with E-state index in [0.29, 0.717) is 5.56 Å². The Kier molecular flexibility index (Phi) is 10.6. The molecule has 11 heteroatoms. The van der Waals surface area contributed by atoms with Gasteiger partial charge in [0.25, 0.3) is 5.91 Å². The van der Waals surface area contributed by atoms with Gasteiger partial charge in [0, 0.05) is 18.3 Å². The lowest BCUT2D eigenvalue weighted by molar-refractivity contribution is -0.161. The number of carbonyl (C=O) groups is 3. The van der Waals surface area contributed by atoms with E-state index in [1.165, 1.54) is 4.57 Å². The van der Waals surface area contributed by atoms with E-state index in [2.05, 4.69) is 15.2 Å². The minimum absolute atomic E-state index is 0.0168. The number of morpholine rings is 1. The molecular formula is C39H36N4O7. The summed E-state index contributed by atoms with van der Waals surface area (Å²) in [6, 6.07) is 40.1. The standard InChI is InChI=1S/C39H36N4O7/c44-35(45)21-22-36(46)50-26-32-25-43(34(27-49-32)42-24-23-33(41-38(42)48)40-37(47)28-13-5-1-6-14-28)39(29-15-7-2-8-16-29,30-17-9-3-10-18-30)31-19-11-4-12-20-31/h1-20,23-24,32,34H,21-22,25-27H2,(H,44,45)(H,40,41,47,48)/t32-,34?/m0/s1. The fourth-order valence-corrected chi connectivity index (χ4v) is 6.39. The number of anilines is 1. The number of nitrogens with one attached hydrogen (secondary N) is 1. The van der Waals surface area contributed by atoms with Crippen LogP contribution in [0.1, 0.15) is 46.1 Å². The van der Waals surface area contributed by atoms with Crippen LogP contribution in [0.15, 0.2) is 138 Å². The van der Waals surface area contributed by atoms with Gasteiger partial charge in [0.05, 0.1) is 25.0 Å². The molecule has 0 bridgehead atoms. The zero-order chi connectivity index (χ0) is 34.9. The van der Waals surface area contributed by atoms with Crippen molar-refractivity contribution in [3.8, 4) is 0 Å². The molecule has 1 aromatic heterocycles. The minimum atomic E-state index is -1.09. The predicted octanol–water partition coefficient (Wildman–Crippen LogP) is 5.10. The van der Waals surface area contributed by atoms with Crippen LogP contribution in [-0.4, -0.2) is 63.3 Å².